The Bertz CT molecular complexity index is 928. The Balaban J connectivity index is 1.58. The van der Waals surface area contributed by atoms with E-state index < -0.39 is 0 Å². The highest BCUT2D eigenvalue weighted by Crippen LogP contribution is 2.23. The molecule has 0 radical (unpaired) electrons. The molecule has 2 N–H and O–H groups in total. The fourth-order valence-corrected chi connectivity index (χ4v) is 2.69. The molecule has 0 aliphatic rings. The topological polar surface area (TPSA) is 54.0 Å². The molecule has 2 aromatic carbocycles. The Morgan fingerprint density at radius 2 is 1.57 bits per heavy atom. The Hall–Kier alpha value is -3.21. The normalized spacial score (nSPS) is 11.1. The van der Waals surface area contributed by atoms with Crippen LogP contribution in [0.25, 0.3) is 0 Å². The molecular formula is C23H24FN3O. The van der Waals surface area contributed by atoms with E-state index in [0.29, 0.717) is 12.2 Å². The van der Waals surface area contributed by atoms with Crippen molar-refractivity contribution < 1.29 is 9.18 Å². The summed E-state index contributed by atoms with van der Waals surface area (Å²) >= 11 is 0. The van der Waals surface area contributed by atoms with E-state index in [0.717, 1.165) is 16.9 Å². The van der Waals surface area contributed by atoms with Crippen LogP contribution in [0, 0.1) is 5.82 Å². The Morgan fingerprint density at radius 1 is 0.929 bits per heavy atom. The minimum Gasteiger partial charge on any atom is -0.380 e. The van der Waals surface area contributed by atoms with E-state index in [4.69, 9.17) is 0 Å². The van der Waals surface area contributed by atoms with Crippen LogP contribution in [0.15, 0.2) is 66.9 Å². The van der Waals surface area contributed by atoms with Gasteiger partial charge in [0.05, 0.1) is 11.9 Å². The summed E-state index contributed by atoms with van der Waals surface area (Å²) in [4.78, 5) is 16.6. The van der Waals surface area contributed by atoms with Crippen molar-refractivity contribution in [1.82, 2.24) is 4.98 Å². The van der Waals surface area contributed by atoms with Crippen molar-refractivity contribution in [2.45, 2.75) is 32.7 Å². The molecule has 0 unspecified atom stereocenters. The summed E-state index contributed by atoms with van der Waals surface area (Å²) in [6.45, 7) is 7.00. The number of amides is 1. The highest BCUT2D eigenvalue weighted by molar-refractivity contribution is 6.02. The maximum Gasteiger partial charge on any atom is 0.274 e. The molecule has 0 saturated carbocycles. The van der Waals surface area contributed by atoms with E-state index in [9.17, 15) is 9.18 Å². The van der Waals surface area contributed by atoms with Gasteiger partial charge in [-0.15, -0.1) is 0 Å². The summed E-state index contributed by atoms with van der Waals surface area (Å²) < 4.78 is 12.9. The molecular weight excluding hydrogens is 353 g/mol. The molecule has 1 aromatic heterocycles. The van der Waals surface area contributed by atoms with Gasteiger partial charge in [-0.3, -0.25) is 4.79 Å². The van der Waals surface area contributed by atoms with E-state index in [-0.39, 0.29) is 17.1 Å². The minimum absolute atomic E-state index is 0.0703. The third kappa shape index (κ3) is 5.16. The van der Waals surface area contributed by atoms with Crippen LogP contribution >= 0.6 is 0 Å². The second kappa shape index (κ2) is 8.21. The number of pyridine rings is 1. The zero-order valence-electron chi connectivity index (χ0n) is 16.3. The van der Waals surface area contributed by atoms with Crippen LogP contribution < -0.4 is 10.6 Å². The molecule has 0 saturated heterocycles. The van der Waals surface area contributed by atoms with Crippen molar-refractivity contribution in [3.8, 4) is 0 Å². The fourth-order valence-electron chi connectivity index (χ4n) is 2.69. The number of benzene rings is 2. The number of aromatic nitrogens is 1. The first-order chi connectivity index (χ1) is 13.3. The van der Waals surface area contributed by atoms with Gasteiger partial charge in [0.1, 0.15) is 11.5 Å². The number of carbonyl (C=O) groups excluding carboxylic acids is 1. The van der Waals surface area contributed by atoms with Gasteiger partial charge in [0.15, 0.2) is 0 Å². The molecule has 5 heteroatoms. The molecule has 0 spiro atoms. The van der Waals surface area contributed by atoms with Crippen LogP contribution in [0.3, 0.4) is 0 Å². The van der Waals surface area contributed by atoms with Crippen molar-refractivity contribution in [2.75, 3.05) is 10.6 Å². The van der Waals surface area contributed by atoms with Gasteiger partial charge >= 0.3 is 0 Å². The largest absolute Gasteiger partial charge is 0.380 e. The number of nitrogens with zero attached hydrogens (tertiary/aromatic N) is 1. The summed E-state index contributed by atoms with van der Waals surface area (Å²) in [5.74, 6) is -0.512. The fraction of sp³-hybridized carbons (Fsp3) is 0.217. The van der Waals surface area contributed by atoms with E-state index in [1.807, 2.05) is 24.3 Å². The van der Waals surface area contributed by atoms with Crippen molar-refractivity contribution in [2.24, 2.45) is 0 Å². The third-order valence-corrected chi connectivity index (χ3v) is 4.41. The number of nitrogens with one attached hydrogen (secondary N) is 2. The molecule has 1 heterocycles. The van der Waals surface area contributed by atoms with Crippen molar-refractivity contribution in [1.29, 1.82) is 0 Å². The van der Waals surface area contributed by atoms with Crippen LogP contribution in [-0.4, -0.2) is 10.9 Å². The predicted molar refractivity (Wildman–Crippen MR) is 111 cm³/mol. The minimum atomic E-state index is -0.256. The number of carbonyl (C=O) groups is 1. The van der Waals surface area contributed by atoms with Crippen LogP contribution in [0.4, 0.5) is 15.8 Å². The first-order valence-corrected chi connectivity index (χ1v) is 9.17. The number of hydrogen-bond acceptors (Lipinski definition) is 3. The molecule has 144 valence electrons. The molecule has 0 aliphatic heterocycles. The Labute approximate surface area is 164 Å². The first-order valence-electron chi connectivity index (χ1n) is 9.17. The number of halogens is 1. The van der Waals surface area contributed by atoms with Crippen LogP contribution in [0.5, 0.6) is 0 Å². The van der Waals surface area contributed by atoms with Gasteiger partial charge in [0, 0.05) is 12.2 Å². The van der Waals surface area contributed by atoms with Gasteiger partial charge in [-0.1, -0.05) is 45.0 Å². The van der Waals surface area contributed by atoms with E-state index in [1.165, 1.54) is 17.7 Å². The first kappa shape index (κ1) is 19.5. The number of hydrogen-bond donors (Lipinski definition) is 2. The highest BCUT2D eigenvalue weighted by atomic mass is 19.1. The highest BCUT2D eigenvalue weighted by Gasteiger charge is 2.13. The number of anilines is 2. The zero-order chi connectivity index (χ0) is 20.1. The molecule has 1 amide bonds. The van der Waals surface area contributed by atoms with E-state index in [2.05, 4.69) is 36.4 Å². The molecule has 4 nitrogen and oxygen atoms in total. The lowest BCUT2D eigenvalue weighted by Crippen LogP contribution is -2.15. The lowest BCUT2D eigenvalue weighted by molar-refractivity contribution is 0.102. The molecule has 0 bridgehead atoms. The van der Waals surface area contributed by atoms with Gasteiger partial charge in [0.2, 0.25) is 0 Å². The summed E-state index contributed by atoms with van der Waals surface area (Å²) in [6, 6.07) is 17.6. The average Bonchev–Trinajstić information content (AvgIpc) is 2.67. The lowest BCUT2D eigenvalue weighted by Gasteiger charge is -2.19. The Morgan fingerprint density at radius 3 is 2.14 bits per heavy atom. The van der Waals surface area contributed by atoms with Crippen molar-refractivity contribution in [3.05, 3.63) is 89.5 Å². The van der Waals surface area contributed by atoms with Crippen molar-refractivity contribution >= 4 is 17.3 Å². The SMILES string of the molecule is CC(C)(C)c1ccc(NC(=O)c2ccc(NCc3ccc(F)cc3)cn2)cc1. The zero-order valence-corrected chi connectivity index (χ0v) is 16.3. The predicted octanol–water partition coefficient (Wildman–Crippen LogP) is 5.38. The average molecular weight is 377 g/mol. The van der Waals surface area contributed by atoms with E-state index in [1.54, 1.807) is 30.5 Å². The Kier molecular flexibility index (Phi) is 5.73. The smallest absolute Gasteiger partial charge is 0.274 e. The maximum atomic E-state index is 12.9. The number of rotatable bonds is 5. The molecule has 3 aromatic rings. The second-order valence-corrected chi connectivity index (χ2v) is 7.69. The molecule has 0 atom stereocenters. The third-order valence-electron chi connectivity index (χ3n) is 4.41. The van der Waals surface area contributed by atoms with Crippen LogP contribution in [0.2, 0.25) is 0 Å². The van der Waals surface area contributed by atoms with Gasteiger partial charge in [-0.25, -0.2) is 9.37 Å². The quantitative estimate of drug-likeness (QED) is 0.627. The monoisotopic (exact) mass is 377 g/mol. The standard InChI is InChI=1S/C23H24FN3O/c1-23(2,3)17-6-10-19(11-7-17)27-22(28)21-13-12-20(15-26-21)25-14-16-4-8-18(24)9-5-16/h4-13,15,25H,14H2,1-3H3,(H,27,28). The molecule has 0 fully saturated rings. The molecule has 0 aliphatic carbocycles. The van der Waals surface area contributed by atoms with Gasteiger partial charge < -0.3 is 10.6 Å². The summed E-state index contributed by atoms with van der Waals surface area (Å²) in [5, 5.41) is 6.06. The van der Waals surface area contributed by atoms with Crippen LogP contribution in [-0.2, 0) is 12.0 Å². The molecule has 28 heavy (non-hydrogen) atoms. The maximum absolute atomic E-state index is 12.9. The second-order valence-electron chi connectivity index (χ2n) is 7.69. The van der Waals surface area contributed by atoms with Gasteiger partial charge in [-0.2, -0.15) is 0 Å². The van der Waals surface area contributed by atoms with Crippen molar-refractivity contribution in [3.63, 3.8) is 0 Å². The van der Waals surface area contributed by atoms with Gasteiger partial charge in [0.25, 0.3) is 5.91 Å². The summed E-state index contributed by atoms with van der Waals surface area (Å²) in [6.07, 6.45) is 1.61. The molecule has 3 rings (SSSR count). The van der Waals surface area contributed by atoms with Gasteiger partial charge in [-0.05, 0) is 52.9 Å². The lowest BCUT2D eigenvalue weighted by atomic mass is 9.87. The van der Waals surface area contributed by atoms with Crippen LogP contribution in [0.1, 0.15) is 42.4 Å². The van der Waals surface area contributed by atoms with E-state index >= 15 is 0 Å². The summed E-state index contributed by atoms with van der Waals surface area (Å²) in [5.41, 5.74) is 4.10. The summed E-state index contributed by atoms with van der Waals surface area (Å²) in [7, 11) is 0.